The van der Waals surface area contributed by atoms with Crippen LogP contribution in [0.1, 0.15) is 316 Å². The van der Waals surface area contributed by atoms with E-state index < -0.39 is 6.10 Å². The van der Waals surface area contributed by atoms with Crippen LogP contribution in [0.3, 0.4) is 0 Å². The van der Waals surface area contributed by atoms with Gasteiger partial charge in [-0.2, -0.15) is 0 Å². The summed E-state index contributed by atoms with van der Waals surface area (Å²) in [4.78, 5) is 25.6. The molecule has 0 bridgehead atoms. The molecule has 1 unspecified atom stereocenters. The fraction of sp³-hybridized carbons (Fsp3) is 0.768. The second-order valence-electron chi connectivity index (χ2n) is 21.3. The normalized spacial score (nSPS) is 12.7. The standard InChI is InChI=1S/C69H122O5/c1-4-7-10-13-16-19-22-25-28-31-34-37-40-43-46-49-52-55-58-61-64-72-65-67(74-69(71)63-60-57-54-51-48-45-42-39-36-33-30-27-24-21-18-15-12-9-6-3)66-73-68(70)62-59-56-53-50-47-44-41-38-35-32-29-26-23-20-17-14-11-8-5-2/h7,10,16-17,19-20,25-26,28-29,34-35,37-38,67H,4-6,8-9,11-15,18,21-24,27,30-33,36,39-66H2,1-3H3/b10-7-,19-16-,20-17-,28-25-,29-26-,37-34-,38-35-. The molecule has 0 heterocycles. The number of ether oxygens (including phenoxy) is 3. The molecule has 0 rings (SSSR count). The van der Waals surface area contributed by atoms with Crippen LogP contribution in [0.5, 0.6) is 0 Å². The zero-order valence-electron chi connectivity index (χ0n) is 49.3. The number of allylic oxidation sites excluding steroid dienone is 14. The summed E-state index contributed by atoms with van der Waals surface area (Å²) in [5.74, 6) is -0.405. The van der Waals surface area contributed by atoms with E-state index in [1.54, 1.807) is 0 Å². The van der Waals surface area contributed by atoms with E-state index in [1.807, 2.05) is 0 Å². The molecule has 0 fully saturated rings. The van der Waals surface area contributed by atoms with Crippen molar-refractivity contribution in [3.8, 4) is 0 Å². The van der Waals surface area contributed by atoms with Gasteiger partial charge in [0.1, 0.15) is 6.61 Å². The molecule has 0 aromatic carbocycles. The number of unbranched alkanes of at least 4 members (excludes halogenated alkanes) is 34. The van der Waals surface area contributed by atoms with Crippen molar-refractivity contribution in [1.82, 2.24) is 0 Å². The molecule has 0 N–H and O–H groups in total. The molecule has 0 radical (unpaired) electrons. The van der Waals surface area contributed by atoms with Gasteiger partial charge < -0.3 is 14.2 Å². The first-order valence-electron chi connectivity index (χ1n) is 32.1. The van der Waals surface area contributed by atoms with E-state index in [1.165, 1.54) is 193 Å². The van der Waals surface area contributed by atoms with Crippen molar-refractivity contribution in [3.05, 3.63) is 85.1 Å². The first-order valence-corrected chi connectivity index (χ1v) is 32.1. The maximum Gasteiger partial charge on any atom is 0.306 e. The van der Waals surface area contributed by atoms with Crippen molar-refractivity contribution in [1.29, 1.82) is 0 Å². The van der Waals surface area contributed by atoms with Crippen LogP contribution >= 0.6 is 0 Å². The Kier molecular flexibility index (Phi) is 61.8. The number of rotatable bonds is 59. The van der Waals surface area contributed by atoms with Gasteiger partial charge in [0.05, 0.1) is 6.61 Å². The summed E-state index contributed by atoms with van der Waals surface area (Å²) in [6, 6.07) is 0. The lowest BCUT2D eigenvalue weighted by Crippen LogP contribution is -2.30. The van der Waals surface area contributed by atoms with Gasteiger partial charge in [-0.05, 0) is 96.3 Å². The van der Waals surface area contributed by atoms with Gasteiger partial charge in [0.2, 0.25) is 0 Å². The van der Waals surface area contributed by atoms with Gasteiger partial charge in [-0.15, -0.1) is 0 Å². The Morgan fingerprint density at radius 3 is 1.00 bits per heavy atom. The molecule has 0 saturated heterocycles. The maximum absolute atomic E-state index is 12.9. The fourth-order valence-electron chi connectivity index (χ4n) is 9.16. The van der Waals surface area contributed by atoms with E-state index in [0.717, 1.165) is 89.9 Å². The number of carbonyl (C=O) groups excluding carboxylic acids is 2. The molecule has 0 amide bonds. The van der Waals surface area contributed by atoms with Gasteiger partial charge in [0, 0.05) is 19.4 Å². The Bertz CT molecular complexity index is 1350. The minimum Gasteiger partial charge on any atom is -0.462 e. The van der Waals surface area contributed by atoms with Crippen molar-refractivity contribution in [2.75, 3.05) is 19.8 Å². The smallest absolute Gasteiger partial charge is 0.306 e. The maximum atomic E-state index is 12.9. The van der Waals surface area contributed by atoms with E-state index in [9.17, 15) is 9.59 Å². The summed E-state index contributed by atoms with van der Waals surface area (Å²) in [5.41, 5.74) is 0. The van der Waals surface area contributed by atoms with Crippen LogP contribution < -0.4 is 0 Å². The number of esters is 2. The molecule has 0 aliphatic carbocycles. The first kappa shape index (κ1) is 71.1. The third-order valence-electron chi connectivity index (χ3n) is 13.9. The van der Waals surface area contributed by atoms with E-state index in [-0.39, 0.29) is 25.2 Å². The molecule has 5 nitrogen and oxygen atoms in total. The Morgan fingerprint density at radius 2 is 0.608 bits per heavy atom. The summed E-state index contributed by atoms with van der Waals surface area (Å²) in [5, 5.41) is 0. The van der Waals surface area contributed by atoms with E-state index >= 15 is 0 Å². The van der Waals surface area contributed by atoms with Gasteiger partial charge in [-0.25, -0.2) is 0 Å². The lowest BCUT2D eigenvalue weighted by atomic mass is 10.0. The highest BCUT2D eigenvalue weighted by molar-refractivity contribution is 5.70. The summed E-state index contributed by atoms with van der Waals surface area (Å²) in [7, 11) is 0. The third-order valence-corrected chi connectivity index (χ3v) is 13.9. The molecule has 0 saturated carbocycles. The topological polar surface area (TPSA) is 61.8 Å². The quantitative estimate of drug-likeness (QED) is 0.0345. The molecule has 0 spiro atoms. The Hall–Kier alpha value is -2.92. The second kappa shape index (κ2) is 64.4. The molecule has 74 heavy (non-hydrogen) atoms. The molecular formula is C69H122O5. The molecule has 0 aliphatic rings. The van der Waals surface area contributed by atoms with Crippen molar-refractivity contribution in [2.45, 2.75) is 322 Å². The van der Waals surface area contributed by atoms with E-state index in [4.69, 9.17) is 14.2 Å². The largest absolute Gasteiger partial charge is 0.462 e. The minimum absolute atomic E-state index is 0.0736. The van der Waals surface area contributed by atoms with E-state index in [2.05, 4.69) is 106 Å². The van der Waals surface area contributed by atoms with Gasteiger partial charge in [0.15, 0.2) is 6.10 Å². The van der Waals surface area contributed by atoms with Crippen LogP contribution in [0, 0.1) is 0 Å². The summed E-state index contributed by atoms with van der Waals surface area (Å²) < 4.78 is 17.5. The minimum atomic E-state index is -0.552. The highest BCUT2D eigenvalue weighted by atomic mass is 16.6. The van der Waals surface area contributed by atoms with Crippen molar-refractivity contribution >= 4 is 11.9 Å². The predicted octanol–water partition coefficient (Wildman–Crippen LogP) is 22.4. The highest BCUT2D eigenvalue weighted by Crippen LogP contribution is 2.17. The van der Waals surface area contributed by atoms with Crippen molar-refractivity contribution in [3.63, 3.8) is 0 Å². The molecule has 428 valence electrons. The molecule has 1 atom stereocenters. The average molecular weight is 1030 g/mol. The van der Waals surface area contributed by atoms with Crippen LogP contribution in [0.15, 0.2) is 85.1 Å². The predicted molar refractivity (Wildman–Crippen MR) is 325 cm³/mol. The zero-order valence-corrected chi connectivity index (χ0v) is 49.3. The molecule has 0 aromatic rings. The van der Waals surface area contributed by atoms with Gasteiger partial charge in [-0.3, -0.25) is 9.59 Å². The lowest BCUT2D eigenvalue weighted by Gasteiger charge is -2.18. The van der Waals surface area contributed by atoms with Gasteiger partial charge >= 0.3 is 11.9 Å². The van der Waals surface area contributed by atoms with Crippen LogP contribution in [0.4, 0.5) is 0 Å². The number of hydrogen-bond donors (Lipinski definition) is 0. The Morgan fingerprint density at radius 1 is 0.311 bits per heavy atom. The first-order chi connectivity index (χ1) is 36.6. The van der Waals surface area contributed by atoms with Gasteiger partial charge in [0.25, 0.3) is 0 Å². The fourth-order valence-corrected chi connectivity index (χ4v) is 9.16. The van der Waals surface area contributed by atoms with Crippen molar-refractivity contribution in [2.24, 2.45) is 0 Å². The summed E-state index contributed by atoms with van der Waals surface area (Å²) in [6.07, 6.45) is 86.2. The highest BCUT2D eigenvalue weighted by Gasteiger charge is 2.18. The molecule has 0 aromatic heterocycles. The van der Waals surface area contributed by atoms with Crippen LogP contribution in [0.2, 0.25) is 0 Å². The second-order valence-corrected chi connectivity index (χ2v) is 21.3. The molecule has 0 aliphatic heterocycles. The summed E-state index contributed by atoms with van der Waals surface area (Å²) in [6.45, 7) is 7.70. The third kappa shape index (κ3) is 61.6. The molecule has 5 heteroatoms. The lowest BCUT2D eigenvalue weighted by molar-refractivity contribution is -0.163. The van der Waals surface area contributed by atoms with Crippen LogP contribution in [0.25, 0.3) is 0 Å². The Labute approximate surface area is 460 Å². The Balaban J connectivity index is 4.32. The van der Waals surface area contributed by atoms with Gasteiger partial charge in [-0.1, -0.05) is 292 Å². The number of carbonyl (C=O) groups is 2. The van der Waals surface area contributed by atoms with Crippen LogP contribution in [-0.2, 0) is 23.8 Å². The molecular weight excluding hydrogens is 909 g/mol. The SMILES string of the molecule is CC/C=C\C/C=C\C/C=C\C/C=C\CCCCCCCCCOCC(COC(=O)CCCCCCCC/C=C\C/C=C\C/C=C\CCCCC)OC(=O)CCCCCCCCCCCCCCCCCCCCC. The zero-order chi connectivity index (χ0) is 53.4. The number of hydrogen-bond acceptors (Lipinski definition) is 5. The van der Waals surface area contributed by atoms with Crippen LogP contribution in [-0.4, -0.2) is 37.9 Å². The average Bonchev–Trinajstić information content (AvgIpc) is 3.40. The monoisotopic (exact) mass is 1030 g/mol. The summed E-state index contributed by atoms with van der Waals surface area (Å²) >= 11 is 0. The van der Waals surface area contributed by atoms with E-state index in [0.29, 0.717) is 19.4 Å². The van der Waals surface area contributed by atoms with Crippen molar-refractivity contribution < 1.29 is 23.8 Å².